The van der Waals surface area contributed by atoms with E-state index in [0.717, 1.165) is 5.56 Å². The summed E-state index contributed by atoms with van der Waals surface area (Å²) in [6.45, 7) is 1.98. The van der Waals surface area contributed by atoms with Gasteiger partial charge in [-0.3, -0.25) is 0 Å². The van der Waals surface area contributed by atoms with E-state index in [1.54, 1.807) is 0 Å². The molecular weight excluding hydrogens is 178 g/mol. The van der Waals surface area contributed by atoms with Crippen LogP contribution in [0.1, 0.15) is 18.5 Å². The van der Waals surface area contributed by atoms with E-state index in [2.05, 4.69) is 10.0 Å². The van der Waals surface area contributed by atoms with Crippen molar-refractivity contribution in [1.29, 1.82) is 0 Å². The Labute approximate surface area is 82.1 Å². The summed E-state index contributed by atoms with van der Waals surface area (Å²) in [4.78, 5) is 2.85. The summed E-state index contributed by atoms with van der Waals surface area (Å²) in [5, 5.41) is 3.76. The average Bonchev–Trinajstić information content (AvgIpc) is 2.93. The highest BCUT2D eigenvalue weighted by molar-refractivity contribution is 5.22. The summed E-state index contributed by atoms with van der Waals surface area (Å²) in [5.74, 6) is 0. The van der Waals surface area contributed by atoms with E-state index >= 15 is 0 Å². The molecule has 1 aromatic carbocycles. The highest BCUT2D eigenvalue weighted by Gasteiger charge is 2.41. The minimum atomic E-state index is -0.184. The third-order valence-corrected chi connectivity index (χ3v) is 2.39. The van der Waals surface area contributed by atoms with Crippen molar-refractivity contribution in [2.24, 2.45) is 5.11 Å². The lowest BCUT2D eigenvalue weighted by atomic mass is 10.0. The van der Waals surface area contributed by atoms with Crippen molar-refractivity contribution in [2.75, 3.05) is 0 Å². The van der Waals surface area contributed by atoms with Gasteiger partial charge in [0, 0.05) is 4.91 Å². The lowest BCUT2D eigenvalue weighted by Crippen LogP contribution is -2.04. The van der Waals surface area contributed by atoms with Crippen LogP contribution in [0.5, 0.6) is 0 Å². The van der Waals surface area contributed by atoms with Crippen molar-refractivity contribution in [3.63, 3.8) is 0 Å². The predicted molar refractivity (Wildman–Crippen MR) is 52.7 cm³/mol. The molecule has 0 bridgehead atoms. The average molecular weight is 189 g/mol. The van der Waals surface area contributed by atoms with E-state index in [0.29, 0.717) is 0 Å². The normalized spacial score (nSPS) is 26.4. The van der Waals surface area contributed by atoms with Crippen LogP contribution in [0.3, 0.4) is 0 Å². The van der Waals surface area contributed by atoms with Crippen LogP contribution >= 0.6 is 0 Å². The smallest absolute Gasteiger partial charge is 0.0964 e. The molecule has 0 spiro atoms. The first-order valence-corrected chi connectivity index (χ1v) is 4.57. The lowest BCUT2D eigenvalue weighted by Gasteiger charge is -2.07. The molecule has 1 aliphatic heterocycles. The molecule has 0 saturated carbocycles. The topological polar surface area (TPSA) is 61.3 Å². The molecule has 1 aliphatic rings. The molecule has 2 rings (SSSR count). The Bertz CT molecular complexity index is 359. The number of hydrogen-bond donors (Lipinski definition) is 0. The molecule has 0 amide bonds. The number of nitrogens with zero attached hydrogens (tertiary/aromatic N) is 3. The monoisotopic (exact) mass is 189 g/mol. The third kappa shape index (κ3) is 1.71. The van der Waals surface area contributed by atoms with Crippen LogP contribution in [-0.4, -0.2) is 12.2 Å². The number of ether oxygens (including phenoxy) is 1. The molecule has 3 atom stereocenters. The minimum Gasteiger partial charge on any atom is -0.369 e. The SMILES string of the molecule is C[C@@H]1O[C@@H]1[C@@H](N=[N+]=[N-])c1ccccc1. The molecule has 1 fully saturated rings. The molecule has 0 radical (unpaired) electrons. The van der Waals surface area contributed by atoms with Crippen LogP contribution in [0, 0.1) is 0 Å². The maximum absolute atomic E-state index is 8.46. The number of azide groups is 1. The Morgan fingerprint density at radius 1 is 1.43 bits per heavy atom. The third-order valence-electron chi connectivity index (χ3n) is 2.39. The summed E-state index contributed by atoms with van der Waals surface area (Å²) in [6.07, 6.45) is 0.249. The second kappa shape index (κ2) is 3.70. The van der Waals surface area contributed by atoms with E-state index in [4.69, 9.17) is 10.3 Å². The molecule has 0 N–H and O–H groups in total. The van der Waals surface area contributed by atoms with Crippen molar-refractivity contribution < 1.29 is 4.74 Å². The second-order valence-electron chi connectivity index (χ2n) is 3.37. The van der Waals surface area contributed by atoms with Crippen molar-refractivity contribution in [1.82, 2.24) is 0 Å². The maximum atomic E-state index is 8.46. The van der Waals surface area contributed by atoms with Crippen LogP contribution in [0.25, 0.3) is 10.4 Å². The second-order valence-corrected chi connectivity index (χ2v) is 3.37. The van der Waals surface area contributed by atoms with E-state index in [1.807, 2.05) is 37.3 Å². The standard InChI is InChI=1S/C10H11N3O/c1-7-10(14-7)9(12-13-11)8-5-3-2-4-6-8/h2-7,9-10H,1H3/t7-,9-,10-/m0/s1. The van der Waals surface area contributed by atoms with Crippen LogP contribution in [0.15, 0.2) is 35.4 Å². The maximum Gasteiger partial charge on any atom is 0.0964 e. The Hall–Kier alpha value is -1.51. The van der Waals surface area contributed by atoms with Gasteiger partial charge in [0.2, 0.25) is 0 Å². The van der Waals surface area contributed by atoms with Gasteiger partial charge in [0.25, 0.3) is 0 Å². The molecule has 1 saturated heterocycles. The van der Waals surface area contributed by atoms with Crippen molar-refractivity contribution in [2.45, 2.75) is 25.2 Å². The van der Waals surface area contributed by atoms with Crippen LogP contribution in [0.4, 0.5) is 0 Å². The van der Waals surface area contributed by atoms with Gasteiger partial charge in [-0.1, -0.05) is 35.4 Å². The summed E-state index contributed by atoms with van der Waals surface area (Å²) >= 11 is 0. The van der Waals surface area contributed by atoms with Crippen molar-refractivity contribution in [3.05, 3.63) is 46.3 Å². The molecule has 14 heavy (non-hydrogen) atoms. The largest absolute Gasteiger partial charge is 0.369 e. The summed E-state index contributed by atoms with van der Waals surface area (Å²) in [6, 6.07) is 9.52. The van der Waals surface area contributed by atoms with Gasteiger partial charge in [-0.2, -0.15) is 0 Å². The van der Waals surface area contributed by atoms with Crippen LogP contribution < -0.4 is 0 Å². The van der Waals surface area contributed by atoms with Gasteiger partial charge >= 0.3 is 0 Å². The molecule has 72 valence electrons. The molecule has 1 heterocycles. The number of hydrogen-bond acceptors (Lipinski definition) is 2. The highest BCUT2D eigenvalue weighted by atomic mass is 16.6. The Kier molecular flexibility index (Phi) is 2.39. The number of benzene rings is 1. The summed E-state index contributed by atoms with van der Waals surface area (Å²) < 4.78 is 5.32. The van der Waals surface area contributed by atoms with Gasteiger partial charge in [0.15, 0.2) is 0 Å². The summed E-state index contributed by atoms with van der Waals surface area (Å²) in [5.41, 5.74) is 9.48. The van der Waals surface area contributed by atoms with E-state index in [9.17, 15) is 0 Å². The molecule has 1 aromatic rings. The van der Waals surface area contributed by atoms with Gasteiger partial charge < -0.3 is 4.74 Å². The molecular formula is C10H11N3O. The van der Waals surface area contributed by atoms with Gasteiger partial charge in [0.1, 0.15) is 0 Å². The predicted octanol–water partition coefficient (Wildman–Crippen LogP) is 2.83. The Morgan fingerprint density at radius 2 is 2.07 bits per heavy atom. The number of epoxide rings is 1. The van der Waals surface area contributed by atoms with E-state index in [1.165, 1.54) is 0 Å². The fraction of sp³-hybridized carbons (Fsp3) is 0.400. The summed E-state index contributed by atoms with van der Waals surface area (Å²) in [7, 11) is 0. The zero-order valence-corrected chi connectivity index (χ0v) is 7.87. The quantitative estimate of drug-likeness (QED) is 0.312. The van der Waals surface area contributed by atoms with E-state index < -0.39 is 0 Å². The highest BCUT2D eigenvalue weighted by Crippen LogP contribution is 2.36. The van der Waals surface area contributed by atoms with E-state index in [-0.39, 0.29) is 18.2 Å². The first kappa shape index (κ1) is 9.06. The Morgan fingerprint density at radius 3 is 2.57 bits per heavy atom. The van der Waals surface area contributed by atoms with Crippen molar-refractivity contribution in [3.8, 4) is 0 Å². The van der Waals surface area contributed by atoms with Gasteiger partial charge in [0.05, 0.1) is 18.2 Å². The van der Waals surface area contributed by atoms with Crippen LogP contribution in [-0.2, 0) is 4.74 Å². The lowest BCUT2D eigenvalue weighted by molar-refractivity contribution is 0.355. The zero-order valence-electron chi connectivity index (χ0n) is 7.87. The molecule has 0 unspecified atom stereocenters. The molecule has 0 aliphatic carbocycles. The molecule has 0 aromatic heterocycles. The Balaban J connectivity index is 2.23. The molecule has 4 nitrogen and oxygen atoms in total. The fourth-order valence-corrected chi connectivity index (χ4v) is 1.56. The van der Waals surface area contributed by atoms with Gasteiger partial charge in [-0.05, 0) is 18.0 Å². The van der Waals surface area contributed by atoms with Gasteiger partial charge in [-0.25, -0.2) is 0 Å². The minimum absolute atomic E-state index is 0.0494. The van der Waals surface area contributed by atoms with Gasteiger partial charge in [-0.15, -0.1) is 0 Å². The zero-order chi connectivity index (χ0) is 9.97. The fourth-order valence-electron chi connectivity index (χ4n) is 1.56. The first-order valence-electron chi connectivity index (χ1n) is 4.57. The van der Waals surface area contributed by atoms with Crippen molar-refractivity contribution >= 4 is 0 Å². The molecule has 4 heteroatoms. The van der Waals surface area contributed by atoms with Crippen LogP contribution in [0.2, 0.25) is 0 Å². The number of rotatable bonds is 3. The first-order chi connectivity index (χ1) is 6.83.